The number of carbonyl (C=O) groups is 3. The highest BCUT2D eigenvalue weighted by atomic mass is 16.7. The van der Waals surface area contributed by atoms with Gasteiger partial charge >= 0.3 is 12.1 Å². The van der Waals surface area contributed by atoms with Crippen LogP contribution in [0.15, 0.2) is 96.1 Å². The van der Waals surface area contributed by atoms with E-state index in [0.29, 0.717) is 36.4 Å². The maximum absolute atomic E-state index is 13.5. The Bertz CT molecular complexity index is 1460. The van der Waals surface area contributed by atoms with Crippen LogP contribution in [0.4, 0.5) is 10.5 Å². The van der Waals surface area contributed by atoms with Crippen molar-refractivity contribution >= 4 is 23.7 Å². The molecule has 42 heavy (non-hydrogen) atoms. The highest BCUT2D eigenvalue weighted by Gasteiger charge is 2.43. The molecule has 0 aromatic heterocycles. The molecule has 8 nitrogen and oxygen atoms in total. The number of benzene rings is 3. The van der Waals surface area contributed by atoms with Gasteiger partial charge in [0, 0.05) is 18.5 Å². The second-order valence-electron chi connectivity index (χ2n) is 11.5. The van der Waals surface area contributed by atoms with E-state index < -0.39 is 23.8 Å². The third kappa shape index (κ3) is 7.00. The van der Waals surface area contributed by atoms with Crippen molar-refractivity contribution in [3.8, 4) is 5.75 Å². The Balaban J connectivity index is 1.39. The molecule has 2 aliphatic heterocycles. The van der Waals surface area contributed by atoms with Gasteiger partial charge in [0.15, 0.2) is 5.75 Å². The zero-order valence-corrected chi connectivity index (χ0v) is 24.2. The van der Waals surface area contributed by atoms with Crippen LogP contribution in [0.2, 0.25) is 0 Å². The molecule has 2 heterocycles. The molecule has 0 spiro atoms. The summed E-state index contributed by atoms with van der Waals surface area (Å²) >= 11 is 0. The number of rotatable bonds is 8. The number of amides is 1. The summed E-state index contributed by atoms with van der Waals surface area (Å²) in [5, 5.41) is 2.89. The van der Waals surface area contributed by atoms with E-state index in [9.17, 15) is 14.4 Å². The number of anilines is 1. The smallest absolute Gasteiger partial charge is 0.458 e. The van der Waals surface area contributed by atoms with Crippen molar-refractivity contribution in [3.63, 3.8) is 0 Å². The van der Waals surface area contributed by atoms with Crippen molar-refractivity contribution in [1.82, 2.24) is 5.32 Å². The molecule has 3 aromatic carbocycles. The first-order chi connectivity index (χ1) is 20.2. The van der Waals surface area contributed by atoms with E-state index >= 15 is 0 Å². The normalized spacial score (nSPS) is 18.3. The fraction of sp³-hybridized carbons (Fsp3) is 0.324. The number of carbonyl (C=O) groups excluding carboxylic acids is 3. The Morgan fingerprint density at radius 2 is 1.55 bits per heavy atom. The van der Waals surface area contributed by atoms with Crippen molar-refractivity contribution < 1.29 is 28.6 Å². The lowest BCUT2D eigenvalue weighted by molar-refractivity contribution is -0.158. The van der Waals surface area contributed by atoms with Gasteiger partial charge in [-0.3, -0.25) is 4.79 Å². The molecule has 2 unspecified atom stereocenters. The number of nitrogens with zero attached hydrogens (tertiary/aromatic N) is 1. The average molecular weight is 569 g/mol. The molecule has 0 saturated carbocycles. The van der Waals surface area contributed by atoms with E-state index in [-0.39, 0.29) is 18.6 Å². The van der Waals surface area contributed by atoms with Gasteiger partial charge in [0.2, 0.25) is 5.91 Å². The number of hydrogen-bond acceptors (Lipinski definition) is 7. The Morgan fingerprint density at radius 3 is 2.24 bits per heavy atom. The van der Waals surface area contributed by atoms with Gasteiger partial charge in [0.05, 0.1) is 11.7 Å². The first-order valence-electron chi connectivity index (χ1n) is 14.2. The van der Waals surface area contributed by atoms with Crippen LogP contribution in [0, 0.1) is 0 Å². The van der Waals surface area contributed by atoms with Crippen LogP contribution in [0.1, 0.15) is 44.7 Å². The van der Waals surface area contributed by atoms with E-state index in [1.165, 1.54) is 0 Å². The summed E-state index contributed by atoms with van der Waals surface area (Å²) < 4.78 is 16.6. The van der Waals surface area contributed by atoms with E-state index in [4.69, 9.17) is 14.2 Å². The summed E-state index contributed by atoms with van der Waals surface area (Å²) in [6.07, 6.45) is 0.937. The fourth-order valence-corrected chi connectivity index (χ4v) is 5.45. The number of nitrogens with one attached hydrogen (secondary N) is 1. The molecular weight excluding hydrogens is 532 g/mol. The highest BCUT2D eigenvalue weighted by molar-refractivity contribution is 6.01. The molecule has 2 atom stereocenters. The minimum atomic E-state index is -0.813. The first-order valence-corrected chi connectivity index (χ1v) is 14.2. The number of ether oxygens (including phenoxy) is 3. The summed E-state index contributed by atoms with van der Waals surface area (Å²) in [7, 11) is 0. The number of hydrogen-bond donors (Lipinski definition) is 1. The van der Waals surface area contributed by atoms with Crippen molar-refractivity contribution in [2.75, 3.05) is 11.4 Å². The maximum Gasteiger partial charge on any atom is 0.514 e. The summed E-state index contributed by atoms with van der Waals surface area (Å²) in [5.74, 6) is -0.385. The summed E-state index contributed by atoms with van der Waals surface area (Å²) in [6.45, 7) is 5.92. The van der Waals surface area contributed by atoms with Gasteiger partial charge in [-0.2, -0.15) is 0 Å². The molecule has 0 radical (unpaired) electrons. The molecular formula is C34H36N2O6. The fourth-order valence-electron chi connectivity index (χ4n) is 5.45. The molecule has 0 saturated heterocycles. The van der Waals surface area contributed by atoms with Gasteiger partial charge in [0.25, 0.3) is 0 Å². The predicted octanol–water partition coefficient (Wildman–Crippen LogP) is 5.75. The van der Waals surface area contributed by atoms with E-state index in [2.05, 4.69) is 22.3 Å². The topological polar surface area (TPSA) is 94.2 Å². The van der Waals surface area contributed by atoms with Crippen LogP contribution < -0.4 is 15.0 Å². The largest absolute Gasteiger partial charge is 0.514 e. The molecule has 8 heteroatoms. The average Bonchev–Trinajstić information content (AvgIpc) is 3.34. The van der Waals surface area contributed by atoms with Crippen molar-refractivity contribution in [2.45, 2.75) is 64.3 Å². The second-order valence-corrected chi connectivity index (χ2v) is 11.5. The zero-order chi connectivity index (χ0) is 29.7. The van der Waals surface area contributed by atoms with Gasteiger partial charge < -0.3 is 24.4 Å². The van der Waals surface area contributed by atoms with Crippen LogP contribution >= 0.6 is 0 Å². The van der Waals surface area contributed by atoms with Crippen LogP contribution in [-0.4, -0.2) is 42.3 Å². The van der Waals surface area contributed by atoms with Crippen molar-refractivity contribution in [1.29, 1.82) is 0 Å². The van der Waals surface area contributed by atoms with Gasteiger partial charge in [-0.1, -0.05) is 72.8 Å². The first kappa shape index (κ1) is 28.9. The van der Waals surface area contributed by atoms with Crippen molar-refractivity contribution in [3.05, 3.63) is 107 Å². The number of aryl methyl sites for hydroxylation is 1. The maximum atomic E-state index is 13.5. The highest BCUT2D eigenvalue weighted by Crippen LogP contribution is 2.40. The van der Waals surface area contributed by atoms with E-state index in [1.807, 2.05) is 60.7 Å². The van der Waals surface area contributed by atoms with E-state index in [1.54, 1.807) is 32.9 Å². The molecule has 0 aliphatic carbocycles. The summed E-state index contributed by atoms with van der Waals surface area (Å²) in [4.78, 5) is 41.2. The van der Waals surface area contributed by atoms with Gasteiger partial charge in [-0.05, 0) is 62.4 Å². The van der Waals surface area contributed by atoms with Crippen LogP contribution in [-0.2, 0) is 32.1 Å². The monoisotopic (exact) mass is 568 g/mol. The Morgan fingerprint density at radius 1 is 0.905 bits per heavy atom. The molecule has 1 N–H and O–H groups in total. The lowest BCUT2D eigenvalue weighted by Gasteiger charge is -2.30. The van der Waals surface area contributed by atoms with E-state index in [0.717, 1.165) is 23.1 Å². The minimum Gasteiger partial charge on any atom is -0.458 e. The number of esters is 1. The van der Waals surface area contributed by atoms with Crippen LogP contribution in [0.5, 0.6) is 5.75 Å². The molecule has 3 aromatic rings. The minimum absolute atomic E-state index is 0.0906. The van der Waals surface area contributed by atoms with Crippen molar-refractivity contribution in [2.24, 2.45) is 0 Å². The van der Waals surface area contributed by atoms with Crippen LogP contribution in [0.3, 0.4) is 0 Å². The molecule has 1 amide bonds. The lowest BCUT2D eigenvalue weighted by atomic mass is 9.91. The quantitative estimate of drug-likeness (QED) is 0.273. The number of para-hydroxylation sites is 2. The molecule has 0 fully saturated rings. The van der Waals surface area contributed by atoms with Gasteiger partial charge in [0.1, 0.15) is 18.2 Å². The predicted molar refractivity (Wildman–Crippen MR) is 159 cm³/mol. The van der Waals surface area contributed by atoms with Gasteiger partial charge in [-0.15, -0.1) is 0 Å². The zero-order valence-electron chi connectivity index (χ0n) is 24.2. The Labute approximate surface area is 246 Å². The second kappa shape index (κ2) is 12.5. The molecule has 2 aliphatic rings. The molecule has 0 bridgehead atoms. The Hall–Kier alpha value is -4.59. The standard InChI is InChI=1S/C34H36N2O6/c1-34(2,3)42-32(38)26-20-25-21-36(28(30(25)31(37)35-26)19-18-23-12-6-4-7-13-23)27-16-10-11-17-29(27)41-33(39)40-22-24-14-8-5-9-15-24/h4-17,26,28H,18-22H2,1-3H3,(H,35,37). The van der Waals surface area contributed by atoms with Gasteiger partial charge in [-0.25, -0.2) is 9.59 Å². The SMILES string of the molecule is CC(C)(C)OC(=O)C1CC2=C(C(=O)N1)C(CCc1ccccc1)N(c1ccccc1OC(=O)OCc1ccccc1)C2. The third-order valence-electron chi connectivity index (χ3n) is 7.26. The summed E-state index contributed by atoms with van der Waals surface area (Å²) in [5.41, 5.74) is 3.56. The third-order valence-corrected chi connectivity index (χ3v) is 7.26. The lowest BCUT2D eigenvalue weighted by Crippen LogP contribution is -2.48. The molecule has 5 rings (SSSR count). The van der Waals surface area contributed by atoms with Crippen LogP contribution in [0.25, 0.3) is 0 Å². The molecule has 218 valence electrons. The summed E-state index contributed by atoms with van der Waals surface area (Å²) in [6, 6.07) is 25.7. The Kier molecular flexibility index (Phi) is 8.61.